The summed E-state index contributed by atoms with van der Waals surface area (Å²) in [4.78, 5) is 12.2. The molecule has 0 aliphatic heterocycles. The van der Waals surface area contributed by atoms with Crippen molar-refractivity contribution >= 4 is 22.3 Å². The van der Waals surface area contributed by atoms with Gasteiger partial charge in [0.15, 0.2) is 5.82 Å². The largest absolute Gasteiger partial charge is 0.478 e. The Bertz CT molecular complexity index is 834. The quantitative estimate of drug-likeness (QED) is 0.783. The average molecular weight is 288 g/mol. The zero-order valence-corrected chi connectivity index (χ0v) is 12.0. The number of hydrogen-bond acceptors (Lipinski definition) is 5. The lowest BCUT2D eigenvalue weighted by Gasteiger charge is -2.09. The van der Waals surface area contributed by atoms with Gasteiger partial charge in [-0.15, -0.1) is 10.2 Å². The lowest BCUT2D eigenvalue weighted by molar-refractivity contribution is 0.0697. The molecule has 0 saturated heterocycles. The fourth-order valence-electron chi connectivity index (χ4n) is 2.18. The maximum atomic E-state index is 11.5. The van der Waals surface area contributed by atoms with Crippen LogP contribution in [0.5, 0.6) is 0 Å². The molecule has 6 nitrogen and oxygen atoms in total. The van der Waals surface area contributed by atoms with E-state index in [4.69, 9.17) is 0 Å². The summed E-state index contributed by atoms with van der Waals surface area (Å²) in [5.41, 5.74) is 2.57. The van der Waals surface area contributed by atoms with E-state index >= 15 is 0 Å². The summed E-state index contributed by atoms with van der Waals surface area (Å²) in [5, 5.41) is 22.5. The standard InChI is InChI=1S/C13H12N4O2S/c1-6-4-5-7(2)10(12(18)19)9(6)11-16-17-8(3)14-15-13(17)20-11/h4-5H,1-3H3,(H,18,19). The third kappa shape index (κ3) is 1.78. The number of aromatic nitrogens is 4. The van der Waals surface area contributed by atoms with Gasteiger partial charge in [0.05, 0.1) is 5.56 Å². The van der Waals surface area contributed by atoms with Gasteiger partial charge >= 0.3 is 5.97 Å². The molecule has 102 valence electrons. The second-order valence-electron chi connectivity index (χ2n) is 4.60. The van der Waals surface area contributed by atoms with Gasteiger partial charge in [-0.05, 0) is 31.9 Å². The molecular weight excluding hydrogens is 276 g/mol. The zero-order valence-electron chi connectivity index (χ0n) is 11.2. The van der Waals surface area contributed by atoms with Crippen LogP contribution in [0.15, 0.2) is 12.1 Å². The molecule has 0 radical (unpaired) electrons. The zero-order chi connectivity index (χ0) is 14.4. The van der Waals surface area contributed by atoms with E-state index in [1.165, 1.54) is 11.3 Å². The smallest absolute Gasteiger partial charge is 0.336 e. The maximum Gasteiger partial charge on any atom is 0.336 e. The highest BCUT2D eigenvalue weighted by Crippen LogP contribution is 2.33. The van der Waals surface area contributed by atoms with Gasteiger partial charge in [0.25, 0.3) is 0 Å². The number of rotatable bonds is 2. The molecular formula is C13H12N4O2S. The first kappa shape index (κ1) is 12.7. The lowest BCUT2D eigenvalue weighted by atomic mass is 9.98. The minimum absolute atomic E-state index is 0.299. The van der Waals surface area contributed by atoms with Crippen molar-refractivity contribution in [2.75, 3.05) is 0 Å². The topological polar surface area (TPSA) is 80.4 Å². The Labute approximate surface area is 118 Å². The second kappa shape index (κ2) is 4.38. The first-order chi connectivity index (χ1) is 9.49. The number of aryl methyl sites for hydroxylation is 3. The van der Waals surface area contributed by atoms with Gasteiger partial charge in [0.2, 0.25) is 4.96 Å². The number of carboxylic acids is 1. The number of hydrogen-bond donors (Lipinski definition) is 1. The minimum Gasteiger partial charge on any atom is -0.478 e. The molecule has 0 bridgehead atoms. The summed E-state index contributed by atoms with van der Waals surface area (Å²) in [6.45, 7) is 5.49. The van der Waals surface area contributed by atoms with Crippen LogP contribution in [-0.2, 0) is 0 Å². The van der Waals surface area contributed by atoms with Crippen molar-refractivity contribution < 1.29 is 9.90 Å². The Balaban J connectivity index is 2.32. The van der Waals surface area contributed by atoms with E-state index in [0.29, 0.717) is 26.9 Å². The Morgan fingerprint density at radius 2 is 1.90 bits per heavy atom. The van der Waals surface area contributed by atoms with E-state index < -0.39 is 5.97 Å². The molecule has 0 fully saturated rings. The van der Waals surface area contributed by atoms with Crippen molar-refractivity contribution in [2.24, 2.45) is 0 Å². The Morgan fingerprint density at radius 1 is 1.20 bits per heavy atom. The maximum absolute atomic E-state index is 11.5. The van der Waals surface area contributed by atoms with Crippen molar-refractivity contribution in [3.05, 3.63) is 34.6 Å². The molecule has 0 unspecified atom stereocenters. The molecule has 0 saturated carbocycles. The molecule has 0 atom stereocenters. The van der Waals surface area contributed by atoms with Crippen LogP contribution in [0.2, 0.25) is 0 Å². The van der Waals surface area contributed by atoms with E-state index in [9.17, 15) is 9.90 Å². The summed E-state index contributed by atoms with van der Waals surface area (Å²) in [6.07, 6.45) is 0. The van der Waals surface area contributed by atoms with Crippen LogP contribution < -0.4 is 0 Å². The molecule has 1 aromatic carbocycles. The monoisotopic (exact) mass is 288 g/mol. The molecule has 2 heterocycles. The first-order valence-corrected chi connectivity index (χ1v) is 6.83. The number of aromatic carboxylic acids is 1. The van der Waals surface area contributed by atoms with Crippen LogP contribution in [0.4, 0.5) is 0 Å². The van der Waals surface area contributed by atoms with E-state index in [0.717, 1.165) is 11.1 Å². The van der Waals surface area contributed by atoms with Crippen molar-refractivity contribution in [3.8, 4) is 10.6 Å². The molecule has 0 aliphatic carbocycles. The normalized spacial score (nSPS) is 11.2. The van der Waals surface area contributed by atoms with E-state index in [1.807, 2.05) is 26.0 Å². The highest BCUT2D eigenvalue weighted by Gasteiger charge is 2.21. The fourth-order valence-corrected chi connectivity index (χ4v) is 3.18. The van der Waals surface area contributed by atoms with Crippen LogP contribution in [0, 0.1) is 20.8 Å². The van der Waals surface area contributed by atoms with Crippen molar-refractivity contribution in [1.82, 2.24) is 19.8 Å². The van der Waals surface area contributed by atoms with E-state index in [1.54, 1.807) is 11.4 Å². The summed E-state index contributed by atoms with van der Waals surface area (Å²) >= 11 is 1.34. The summed E-state index contributed by atoms with van der Waals surface area (Å²) in [5.74, 6) is -0.256. The molecule has 0 spiro atoms. The molecule has 1 N–H and O–H groups in total. The van der Waals surface area contributed by atoms with Gasteiger partial charge in [-0.25, -0.2) is 4.79 Å². The molecule has 3 aromatic rings. The summed E-state index contributed by atoms with van der Waals surface area (Å²) in [7, 11) is 0. The summed E-state index contributed by atoms with van der Waals surface area (Å²) < 4.78 is 1.63. The van der Waals surface area contributed by atoms with Crippen molar-refractivity contribution in [1.29, 1.82) is 0 Å². The fraction of sp³-hybridized carbons (Fsp3) is 0.231. The number of fused-ring (bicyclic) bond motifs is 1. The number of benzene rings is 1. The first-order valence-electron chi connectivity index (χ1n) is 6.01. The van der Waals surface area contributed by atoms with Crippen LogP contribution >= 0.6 is 11.3 Å². The number of nitrogens with zero attached hydrogens (tertiary/aromatic N) is 4. The molecule has 3 rings (SSSR count). The van der Waals surface area contributed by atoms with Gasteiger partial charge in [-0.2, -0.15) is 9.61 Å². The van der Waals surface area contributed by atoms with Crippen molar-refractivity contribution in [2.45, 2.75) is 20.8 Å². The van der Waals surface area contributed by atoms with Crippen molar-refractivity contribution in [3.63, 3.8) is 0 Å². The third-order valence-corrected chi connectivity index (χ3v) is 4.11. The van der Waals surface area contributed by atoms with Gasteiger partial charge < -0.3 is 5.11 Å². The second-order valence-corrected chi connectivity index (χ2v) is 5.56. The van der Waals surface area contributed by atoms with Gasteiger partial charge in [-0.3, -0.25) is 0 Å². The summed E-state index contributed by atoms with van der Waals surface area (Å²) in [6, 6.07) is 3.72. The molecule has 2 aromatic heterocycles. The van der Waals surface area contributed by atoms with Crippen LogP contribution in [0.25, 0.3) is 15.5 Å². The van der Waals surface area contributed by atoms with Crippen LogP contribution in [-0.4, -0.2) is 30.9 Å². The molecule has 0 aliphatic rings. The van der Waals surface area contributed by atoms with E-state index in [-0.39, 0.29) is 0 Å². The predicted molar refractivity (Wildman–Crippen MR) is 75.3 cm³/mol. The Hall–Kier alpha value is -2.28. The number of carbonyl (C=O) groups is 1. The highest BCUT2D eigenvalue weighted by atomic mass is 32.1. The predicted octanol–water partition coefficient (Wildman–Crippen LogP) is 2.48. The van der Waals surface area contributed by atoms with E-state index in [2.05, 4.69) is 15.3 Å². The third-order valence-electron chi connectivity index (χ3n) is 3.20. The lowest BCUT2D eigenvalue weighted by Crippen LogP contribution is -2.04. The molecule has 0 amide bonds. The van der Waals surface area contributed by atoms with Gasteiger partial charge in [0.1, 0.15) is 5.01 Å². The van der Waals surface area contributed by atoms with Gasteiger partial charge in [-0.1, -0.05) is 23.5 Å². The van der Waals surface area contributed by atoms with Crippen LogP contribution in [0.3, 0.4) is 0 Å². The number of carboxylic acid groups (broad SMARTS) is 1. The average Bonchev–Trinajstić information content (AvgIpc) is 2.94. The molecule has 20 heavy (non-hydrogen) atoms. The highest BCUT2D eigenvalue weighted by molar-refractivity contribution is 7.19. The Kier molecular flexibility index (Phi) is 2.79. The minimum atomic E-state index is -0.941. The molecule has 7 heteroatoms. The van der Waals surface area contributed by atoms with Crippen LogP contribution in [0.1, 0.15) is 27.3 Å². The van der Waals surface area contributed by atoms with Gasteiger partial charge in [0, 0.05) is 5.56 Å². The Morgan fingerprint density at radius 3 is 2.55 bits per heavy atom. The SMILES string of the molecule is Cc1ccc(C)c(-c2nn3c(C)nnc3s2)c1C(=O)O.